The molecule has 0 aliphatic rings. The molecule has 1 aromatic carbocycles. The minimum atomic E-state index is 0. The molecular weight excluding hydrogens is 391 g/mol. The van der Waals surface area contributed by atoms with Gasteiger partial charge in [-0.05, 0) is 25.8 Å². The molecule has 0 bridgehead atoms. The van der Waals surface area contributed by atoms with E-state index in [1.54, 1.807) is 7.05 Å². The van der Waals surface area contributed by atoms with E-state index in [1.807, 2.05) is 32.0 Å². The SMILES string of the molecule is CN=C(NCCC(=O)NC(C)C)NCCc1ccccc1.I. The summed E-state index contributed by atoms with van der Waals surface area (Å²) in [6.07, 6.45) is 1.38. The number of nitrogens with zero attached hydrogens (tertiary/aromatic N) is 1. The number of amides is 1. The van der Waals surface area contributed by atoms with Gasteiger partial charge in [0.25, 0.3) is 0 Å². The summed E-state index contributed by atoms with van der Waals surface area (Å²) in [7, 11) is 1.73. The van der Waals surface area contributed by atoms with Gasteiger partial charge in [0.05, 0.1) is 0 Å². The summed E-state index contributed by atoms with van der Waals surface area (Å²) in [5, 5.41) is 9.24. The highest BCUT2D eigenvalue weighted by Gasteiger charge is 2.03. The molecule has 124 valence electrons. The molecule has 0 radical (unpaired) electrons. The first-order valence-electron chi connectivity index (χ1n) is 7.39. The summed E-state index contributed by atoms with van der Waals surface area (Å²) in [6, 6.07) is 10.5. The quantitative estimate of drug-likeness (QED) is 0.360. The Labute approximate surface area is 150 Å². The largest absolute Gasteiger partial charge is 0.356 e. The first-order chi connectivity index (χ1) is 10.1. The molecule has 0 saturated carbocycles. The van der Waals surface area contributed by atoms with Crippen molar-refractivity contribution in [3.8, 4) is 0 Å². The predicted molar refractivity (Wildman–Crippen MR) is 103 cm³/mol. The second-order valence-corrected chi connectivity index (χ2v) is 5.13. The molecule has 0 aliphatic heterocycles. The third kappa shape index (κ3) is 9.59. The molecule has 0 heterocycles. The Morgan fingerprint density at radius 1 is 1.14 bits per heavy atom. The summed E-state index contributed by atoms with van der Waals surface area (Å²) in [5.74, 6) is 0.778. The lowest BCUT2D eigenvalue weighted by molar-refractivity contribution is -0.121. The Balaban J connectivity index is 0.00000441. The number of guanidine groups is 1. The third-order valence-corrected chi connectivity index (χ3v) is 2.87. The fourth-order valence-electron chi connectivity index (χ4n) is 1.88. The van der Waals surface area contributed by atoms with Crippen molar-refractivity contribution in [2.45, 2.75) is 32.7 Å². The van der Waals surface area contributed by atoms with Gasteiger partial charge in [-0.15, -0.1) is 24.0 Å². The summed E-state index contributed by atoms with van der Waals surface area (Å²) >= 11 is 0. The van der Waals surface area contributed by atoms with Gasteiger partial charge in [0, 0.05) is 32.6 Å². The highest BCUT2D eigenvalue weighted by Crippen LogP contribution is 1.97. The third-order valence-electron chi connectivity index (χ3n) is 2.87. The Morgan fingerprint density at radius 2 is 1.77 bits per heavy atom. The molecule has 0 saturated heterocycles. The van der Waals surface area contributed by atoms with Gasteiger partial charge in [0.1, 0.15) is 0 Å². The van der Waals surface area contributed by atoms with E-state index in [0.29, 0.717) is 13.0 Å². The van der Waals surface area contributed by atoms with Gasteiger partial charge < -0.3 is 16.0 Å². The molecule has 5 nitrogen and oxygen atoms in total. The Morgan fingerprint density at radius 3 is 2.36 bits per heavy atom. The molecule has 0 fully saturated rings. The molecule has 6 heteroatoms. The van der Waals surface area contributed by atoms with Crippen LogP contribution in [0.4, 0.5) is 0 Å². The number of hydrogen-bond donors (Lipinski definition) is 3. The molecule has 22 heavy (non-hydrogen) atoms. The van der Waals surface area contributed by atoms with Gasteiger partial charge in [0.15, 0.2) is 5.96 Å². The van der Waals surface area contributed by atoms with Crippen molar-refractivity contribution in [2.24, 2.45) is 4.99 Å². The molecule has 1 rings (SSSR count). The van der Waals surface area contributed by atoms with Crippen LogP contribution in [0.2, 0.25) is 0 Å². The smallest absolute Gasteiger partial charge is 0.221 e. The molecule has 1 amide bonds. The Hall–Kier alpha value is -1.31. The minimum Gasteiger partial charge on any atom is -0.356 e. The normalized spacial score (nSPS) is 10.8. The molecule has 1 aromatic rings. The van der Waals surface area contributed by atoms with Crippen LogP contribution in [0.1, 0.15) is 25.8 Å². The zero-order chi connectivity index (χ0) is 15.5. The second-order valence-electron chi connectivity index (χ2n) is 5.13. The Kier molecular flexibility index (Phi) is 11.5. The van der Waals surface area contributed by atoms with Crippen LogP contribution in [0.25, 0.3) is 0 Å². The van der Waals surface area contributed by atoms with Gasteiger partial charge in [-0.3, -0.25) is 9.79 Å². The fraction of sp³-hybridized carbons (Fsp3) is 0.500. The number of carbonyl (C=O) groups is 1. The maximum absolute atomic E-state index is 11.5. The molecule has 0 aliphatic carbocycles. The van der Waals surface area contributed by atoms with Gasteiger partial charge in [-0.1, -0.05) is 30.3 Å². The number of rotatable bonds is 7. The summed E-state index contributed by atoms with van der Waals surface area (Å²) in [4.78, 5) is 15.7. The summed E-state index contributed by atoms with van der Waals surface area (Å²) in [6.45, 7) is 5.29. The maximum Gasteiger partial charge on any atom is 0.221 e. The highest BCUT2D eigenvalue weighted by molar-refractivity contribution is 14.0. The van der Waals surface area contributed by atoms with Crippen LogP contribution in [-0.2, 0) is 11.2 Å². The van der Waals surface area contributed by atoms with Gasteiger partial charge in [-0.2, -0.15) is 0 Å². The van der Waals surface area contributed by atoms with E-state index >= 15 is 0 Å². The van der Waals surface area contributed by atoms with Crippen molar-refractivity contribution in [3.05, 3.63) is 35.9 Å². The summed E-state index contributed by atoms with van der Waals surface area (Å²) < 4.78 is 0. The monoisotopic (exact) mass is 418 g/mol. The van der Waals surface area contributed by atoms with E-state index < -0.39 is 0 Å². The van der Waals surface area contributed by atoms with E-state index in [1.165, 1.54) is 5.56 Å². The lowest BCUT2D eigenvalue weighted by Gasteiger charge is -2.12. The molecular formula is C16H27IN4O. The average molecular weight is 418 g/mol. The van der Waals surface area contributed by atoms with Crippen LogP contribution in [0.5, 0.6) is 0 Å². The number of halogens is 1. The predicted octanol–water partition coefficient (Wildman–Crippen LogP) is 1.93. The highest BCUT2D eigenvalue weighted by atomic mass is 127. The average Bonchev–Trinajstić information content (AvgIpc) is 2.46. The van der Waals surface area contributed by atoms with Crippen LogP contribution in [0, 0.1) is 0 Å². The number of nitrogens with one attached hydrogen (secondary N) is 3. The van der Waals surface area contributed by atoms with Crippen molar-refractivity contribution in [3.63, 3.8) is 0 Å². The van der Waals surface area contributed by atoms with Crippen molar-refractivity contribution < 1.29 is 4.79 Å². The van der Waals surface area contributed by atoms with Crippen molar-refractivity contribution in [1.29, 1.82) is 0 Å². The van der Waals surface area contributed by atoms with E-state index in [4.69, 9.17) is 0 Å². The lowest BCUT2D eigenvalue weighted by atomic mass is 10.1. The van der Waals surface area contributed by atoms with Crippen molar-refractivity contribution in [2.75, 3.05) is 20.1 Å². The van der Waals surface area contributed by atoms with Gasteiger partial charge in [0.2, 0.25) is 5.91 Å². The zero-order valence-electron chi connectivity index (χ0n) is 13.6. The number of carbonyl (C=O) groups excluding carboxylic acids is 1. The van der Waals surface area contributed by atoms with E-state index in [0.717, 1.165) is 18.9 Å². The molecule has 0 unspecified atom stereocenters. The van der Waals surface area contributed by atoms with Gasteiger partial charge in [-0.25, -0.2) is 0 Å². The Bertz CT molecular complexity index is 449. The molecule has 3 N–H and O–H groups in total. The first kappa shape index (κ1) is 20.7. The number of hydrogen-bond acceptors (Lipinski definition) is 2. The molecule has 0 atom stereocenters. The lowest BCUT2D eigenvalue weighted by Crippen LogP contribution is -2.40. The molecule has 0 spiro atoms. The number of aliphatic imine (C=N–C) groups is 1. The summed E-state index contributed by atoms with van der Waals surface area (Å²) in [5.41, 5.74) is 1.29. The van der Waals surface area contributed by atoms with E-state index in [-0.39, 0.29) is 35.9 Å². The van der Waals surface area contributed by atoms with Crippen LogP contribution >= 0.6 is 24.0 Å². The maximum atomic E-state index is 11.5. The van der Waals surface area contributed by atoms with Crippen LogP contribution in [0.3, 0.4) is 0 Å². The van der Waals surface area contributed by atoms with Gasteiger partial charge >= 0.3 is 0 Å². The minimum absolute atomic E-state index is 0. The van der Waals surface area contributed by atoms with Crippen molar-refractivity contribution >= 4 is 35.8 Å². The number of benzene rings is 1. The standard InChI is InChI=1S/C16H26N4O.HI/c1-13(2)20-15(21)10-12-19-16(17-3)18-11-9-14-7-5-4-6-8-14;/h4-8,13H,9-12H2,1-3H3,(H,20,21)(H2,17,18,19);1H. The van der Waals surface area contributed by atoms with E-state index in [2.05, 4.69) is 33.1 Å². The fourth-order valence-corrected chi connectivity index (χ4v) is 1.88. The van der Waals surface area contributed by atoms with Crippen LogP contribution in [0.15, 0.2) is 35.3 Å². The van der Waals surface area contributed by atoms with Crippen LogP contribution in [-0.4, -0.2) is 38.0 Å². The second kappa shape index (κ2) is 12.3. The first-order valence-corrected chi connectivity index (χ1v) is 7.39. The van der Waals surface area contributed by atoms with Crippen molar-refractivity contribution in [1.82, 2.24) is 16.0 Å². The van der Waals surface area contributed by atoms with E-state index in [9.17, 15) is 4.79 Å². The topological polar surface area (TPSA) is 65.5 Å². The molecule has 0 aromatic heterocycles. The van der Waals surface area contributed by atoms with Crippen LogP contribution < -0.4 is 16.0 Å². The zero-order valence-corrected chi connectivity index (χ0v) is 15.9.